The van der Waals surface area contributed by atoms with Gasteiger partial charge in [0.25, 0.3) is 0 Å². The summed E-state index contributed by atoms with van der Waals surface area (Å²) >= 11 is 0. The van der Waals surface area contributed by atoms with Gasteiger partial charge >= 0.3 is 0 Å². The number of hydrogen-bond donors (Lipinski definition) is 2. The fourth-order valence-electron chi connectivity index (χ4n) is 4.93. The molecular weight excluding hydrogens is 436 g/mol. The largest absolute Gasteiger partial charge is 0.355 e. The highest BCUT2D eigenvalue weighted by Crippen LogP contribution is 2.33. The first kappa shape index (κ1) is 21.9. The van der Waals surface area contributed by atoms with Crippen LogP contribution in [0.1, 0.15) is 11.1 Å². The molecular formula is C34H28N2. The Kier molecular flexibility index (Phi) is 5.63. The van der Waals surface area contributed by atoms with E-state index in [-0.39, 0.29) is 0 Å². The van der Waals surface area contributed by atoms with Gasteiger partial charge < -0.3 is 10.6 Å². The Morgan fingerprint density at radius 3 is 1.25 bits per heavy atom. The second-order valence-corrected chi connectivity index (χ2v) is 9.36. The molecule has 6 rings (SSSR count). The molecule has 6 aromatic rings. The van der Waals surface area contributed by atoms with E-state index in [1.807, 2.05) is 0 Å². The van der Waals surface area contributed by atoms with Crippen molar-refractivity contribution in [2.75, 3.05) is 10.6 Å². The van der Waals surface area contributed by atoms with Crippen LogP contribution < -0.4 is 10.6 Å². The van der Waals surface area contributed by atoms with E-state index in [1.54, 1.807) is 0 Å². The summed E-state index contributed by atoms with van der Waals surface area (Å²) in [7, 11) is 0. The van der Waals surface area contributed by atoms with Crippen LogP contribution in [0.25, 0.3) is 32.7 Å². The number of hydrogen-bond acceptors (Lipinski definition) is 2. The van der Waals surface area contributed by atoms with Gasteiger partial charge in [0.15, 0.2) is 0 Å². The average Bonchev–Trinajstić information content (AvgIpc) is 2.91. The summed E-state index contributed by atoms with van der Waals surface area (Å²) < 4.78 is 0. The van der Waals surface area contributed by atoms with Gasteiger partial charge in [-0.15, -0.1) is 0 Å². The van der Waals surface area contributed by atoms with Crippen LogP contribution in [0.5, 0.6) is 0 Å². The van der Waals surface area contributed by atoms with Gasteiger partial charge in [-0.2, -0.15) is 0 Å². The minimum Gasteiger partial charge on any atom is -0.355 e. The van der Waals surface area contributed by atoms with Crippen LogP contribution >= 0.6 is 0 Å². The van der Waals surface area contributed by atoms with E-state index in [1.165, 1.54) is 43.8 Å². The van der Waals surface area contributed by atoms with Crippen molar-refractivity contribution in [1.29, 1.82) is 0 Å². The predicted molar refractivity (Wildman–Crippen MR) is 156 cm³/mol. The number of aryl methyl sites for hydroxylation is 2. The number of nitrogens with one attached hydrogen (secondary N) is 2. The third-order valence-electron chi connectivity index (χ3n) is 6.90. The van der Waals surface area contributed by atoms with Gasteiger partial charge in [-0.3, -0.25) is 0 Å². The molecule has 2 N–H and O–H groups in total. The minimum absolute atomic E-state index is 1.13. The Morgan fingerprint density at radius 1 is 0.389 bits per heavy atom. The van der Waals surface area contributed by atoms with E-state index in [4.69, 9.17) is 0 Å². The van der Waals surface area contributed by atoms with Gasteiger partial charge in [-0.05, 0) is 83.3 Å². The van der Waals surface area contributed by atoms with Gasteiger partial charge in [-0.1, -0.05) is 84.9 Å². The number of fused-ring (bicyclic) bond motifs is 2. The molecule has 0 spiro atoms. The maximum atomic E-state index is 3.65. The summed E-state index contributed by atoms with van der Waals surface area (Å²) in [5, 5.41) is 12.2. The number of anilines is 4. The van der Waals surface area contributed by atoms with Crippen molar-refractivity contribution in [3.8, 4) is 11.1 Å². The lowest BCUT2D eigenvalue weighted by molar-refractivity contribution is 1.41. The van der Waals surface area contributed by atoms with Crippen LogP contribution in [0, 0.1) is 13.8 Å². The highest BCUT2D eigenvalue weighted by molar-refractivity contribution is 5.96. The molecule has 0 aliphatic carbocycles. The van der Waals surface area contributed by atoms with Crippen molar-refractivity contribution in [1.82, 2.24) is 0 Å². The molecule has 0 aromatic heterocycles. The fraction of sp³-hybridized carbons (Fsp3) is 0.0588. The van der Waals surface area contributed by atoms with Crippen LogP contribution in [0.3, 0.4) is 0 Å². The van der Waals surface area contributed by atoms with Gasteiger partial charge in [0.2, 0.25) is 0 Å². The average molecular weight is 465 g/mol. The third kappa shape index (κ3) is 4.18. The summed E-state index contributed by atoms with van der Waals surface area (Å²) in [5.41, 5.74) is 9.38. The lowest BCUT2D eigenvalue weighted by Crippen LogP contribution is -1.96. The van der Waals surface area contributed by atoms with Crippen LogP contribution in [0.15, 0.2) is 121 Å². The zero-order chi connectivity index (χ0) is 24.5. The van der Waals surface area contributed by atoms with E-state index < -0.39 is 0 Å². The number of benzene rings is 6. The normalized spacial score (nSPS) is 11.1. The van der Waals surface area contributed by atoms with Crippen molar-refractivity contribution >= 4 is 44.3 Å². The highest BCUT2D eigenvalue weighted by Gasteiger charge is 2.08. The molecule has 6 aromatic carbocycles. The van der Waals surface area contributed by atoms with E-state index in [2.05, 4.69) is 146 Å². The monoisotopic (exact) mass is 464 g/mol. The maximum Gasteiger partial charge on any atom is 0.0463 e. The summed E-state index contributed by atoms with van der Waals surface area (Å²) in [5.74, 6) is 0. The topological polar surface area (TPSA) is 24.1 Å². The van der Waals surface area contributed by atoms with Crippen molar-refractivity contribution in [3.05, 3.63) is 132 Å². The van der Waals surface area contributed by atoms with Crippen LogP contribution in [-0.2, 0) is 0 Å². The zero-order valence-electron chi connectivity index (χ0n) is 20.5. The van der Waals surface area contributed by atoms with Crippen LogP contribution in [0.2, 0.25) is 0 Å². The second kappa shape index (κ2) is 9.24. The molecule has 2 heteroatoms. The van der Waals surface area contributed by atoms with Gasteiger partial charge in [0, 0.05) is 33.5 Å². The third-order valence-corrected chi connectivity index (χ3v) is 6.90. The molecule has 0 fully saturated rings. The first-order valence-corrected chi connectivity index (χ1v) is 12.4. The van der Waals surface area contributed by atoms with Crippen molar-refractivity contribution in [2.24, 2.45) is 0 Å². The van der Waals surface area contributed by atoms with Crippen molar-refractivity contribution in [3.63, 3.8) is 0 Å². The van der Waals surface area contributed by atoms with Crippen LogP contribution in [-0.4, -0.2) is 0 Å². The van der Waals surface area contributed by atoms with Gasteiger partial charge in [-0.25, -0.2) is 0 Å². The summed E-state index contributed by atoms with van der Waals surface area (Å²) in [6, 6.07) is 43.1. The lowest BCUT2D eigenvalue weighted by atomic mass is 9.99. The molecule has 2 nitrogen and oxygen atoms in total. The van der Waals surface area contributed by atoms with E-state index >= 15 is 0 Å². The quantitative estimate of drug-likeness (QED) is 0.265. The van der Waals surface area contributed by atoms with Crippen molar-refractivity contribution < 1.29 is 0 Å². The van der Waals surface area contributed by atoms with Crippen LogP contribution in [0.4, 0.5) is 22.7 Å². The summed E-state index contributed by atoms with van der Waals surface area (Å²) in [6.07, 6.45) is 0. The minimum atomic E-state index is 1.13. The smallest absolute Gasteiger partial charge is 0.0463 e. The molecule has 0 heterocycles. The molecule has 0 saturated carbocycles. The molecule has 0 saturated heterocycles. The molecule has 0 aliphatic rings. The predicted octanol–water partition coefficient (Wildman–Crippen LogP) is 9.76. The summed E-state index contributed by atoms with van der Waals surface area (Å²) in [6.45, 7) is 4.33. The van der Waals surface area contributed by atoms with E-state index in [0.717, 1.165) is 22.7 Å². The Morgan fingerprint density at radius 2 is 0.806 bits per heavy atom. The molecule has 36 heavy (non-hydrogen) atoms. The second-order valence-electron chi connectivity index (χ2n) is 9.36. The van der Waals surface area contributed by atoms with Gasteiger partial charge in [0.1, 0.15) is 0 Å². The summed E-state index contributed by atoms with van der Waals surface area (Å²) in [4.78, 5) is 0. The SMILES string of the molecule is Cc1cc(-c2ccc(Nc3cccc4ccccc34)c(C)c2)ccc1Nc1cccc2ccccc12. The first-order valence-electron chi connectivity index (χ1n) is 12.4. The van der Waals surface area contributed by atoms with E-state index in [9.17, 15) is 0 Å². The molecule has 0 unspecified atom stereocenters. The fourth-order valence-corrected chi connectivity index (χ4v) is 4.93. The standard InChI is InChI=1S/C34H28N2/c1-23-21-27(17-19-31(23)35-33-15-7-11-25-9-3-5-13-29(25)33)28-18-20-32(24(2)22-28)36-34-16-8-12-26-10-4-6-14-30(26)34/h3-22,35-36H,1-2H3. The Bertz CT molecular complexity index is 1580. The molecule has 0 amide bonds. The molecule has 0 atom stereocenters. The van der Waals surface area contributed by atoms with Gasteiger partial charge in [0.05, 0.1) is 0 Å². The Labute approximate surface area is 212 Å². The molecule has 174 valence electrons. The lowest BCUT2D eigenvalue weighted by Gasteiger charge is -2.15. The highest BCUT2D eigenvalue weighted by atomic mass is 14.9. The molecule has 0 bridgehead atoms. The Balaban J connectivity index is 1.26. The molecule has 0 aliphatic heterocycles. The maximum absolute atomic E-state index is 3.65. The number of rotatable bonds is 5. The Hall–Kier alpha value is -4.56. The van der Waals surface area contributed by atoms with E-state index in [0.29, 0.717) is 0 Å². The first-order chi connectivity index (χ1) is 17.7. The zero-order valence-corrected chi connectivity index (χ0v) is 20.5. The molecule has 0 radical (unpaired) electrons. The van der Waals surface area contributed by atoms with Crippen molar-refractivity contribution in [2.45, 2.75) is 13.8 Å².